The molecule has 0 saturated carbocycles. The summed E-state index contributed by atoms with van der Waals surface area (Å²) < 4.78 is 6.98. The zero-order valence-electron chi connectivity index (χ0n) is 18.6. The van der Waals surface area contributed by atoms with Gasteiger partial charge in [-0.05, 0) is 42.5 Å². The number of hydrogen-bond acceptors (Lipinski definition) is 4. The third-order valence-electron chi connectivity index (χ3n) is 5.80. The van der Waals surface area contributed by atoms with E-state index in [-0.39, 0.29) is 11.5 Å². The number of aryl methyl sites for hydroxylation is 2. The van der Waals surface area contributed by atoms with E-state index in [4.69, 9.17) is 4.74 Å². The summed E-state index contributed by atoms with van der Waals surface area (Å²) in [5.41, 5.74) is 6.04. The van der Waals surface area contributed by atoms with Crippen LogP contribution in [0.3, 0.4) is 0 Å². The number of nitrogens with zero attached hydrogens (tertiary/aromatic N) is 2. The highest BCUT2D eigenvalue weighted by atomic mass is 16.5. The Bertz CT molecular complexity index is 1320. The second-order valence-electron chi connectivity index (χ2n) is 7.95. The number of nitrogens with one attached hydrogen (secondary N) is 1. The van der Waals surface area contributed by atoms with Crippen LogP contribution in [0.4, 0.5) is 0 Å². The van der Waals surface area contributed by atoms with Gasteiger partial charge in [0, 0.05) is 23.4 Å². The standard InChI is InChI=1S/C26H27N3O3/c1-4-5-10-23-22(24(30)28-26-27-16-17(2)29(23)26)15-18-11-13-19(14-12-18)20-8-6-7-9-21(20)25(31)32-3/h6-9,11-14,16H,4-5,10,15H2,1-3H3,(H,27,28,30). The van der Waals surface area contributed by atoms with E-state index in [0.717, 1.165) is 52.9 Å². The molecule has 164 valence electrons. The lowest BCUT2D eigenvalue weighted by molar-refractivity contribution is 0.0601. The molecule has 2 heterocycles. The average Bonchev–Trinajstić information content (AvgIpc) is 3.18. The minimum atomic E-state index is -0.360. The molecule has 0 fully saturated rings. The summed E-state index contributed by atoms with van der Waals surface area (Å²) in [5.74, 6) is 0.234. The highest BCUT2D eigenvalue weighted by Crippen LogP contribution is 2.25. The maximum Gasteiger partial charge on any atom is 0.338 e. The number of fused-ring (bicyclic) bond motifs is 1. The number of H-pyrrole nitrogens is 1. The molecular formula is C26H27N3O3. The van der Waals surface area contributed by atoms with Crippen molar-refractivity contribution in [1.29, 1.82) is 0 Å². The Morgan fingerprint density at radius 1 is 1.12 bits per heavy atom. The van der Waals surface area contributed by atoms with Crippen LogP contribution >= 0.6 is 0 Å². The van der Waals surface area contributed by atoms with Gasteiger partial charge < -0.3 is 4.74 Å². The lowest BCUT2D eigenvalue weighted by Gasteiger charge is -2.13. The fraction of sp³-hybridized carbons (Fsp3) is 0.269. The SMILES string of the molecule is CCCCc1c(Cc2ccc(-c3ccccc3C(=O)OC)cc2)c(=O)[nH]c2ncc(C)n12. The van der Waals surface area contributed by atoms with Crippen molar-refractivity contribution >= 4 is 11.7 Å². The number of aromatic nitrogens is 3. The van der Waals surface area contributed by atoms with Gasteiger partial charge in [-0.15, -0.1) is 0 Å². The smallest absolute Gasteiger partial charge is 0.338 e. The monoisotopic (exact) mass is 429 g/mol. The van der Waals surface area contributed by atoms with E-state index in [1.807, 2.05) is 49.4 Å². The molecule has 2 aromatic heterocycles. The summed E-state index contributed by atoms with van der Waals surface area (Å²) in [6.45, 7) is 4.15. The minimum Gasteiger partial charge on any atom is -0.465 e. The van der Waals surface area contributed by atoms with Gasteiger partial charge in [0.05, 0.1) is 18.9 Å². The van der Waals surface area contributed by atoms with Crippen molar-refractivity contribution in [2.24, 2.45) is 0 Å². The zero-order valence-corrected chi connectivity index (χ0v) is 18.6. The lowest BCUT2D eigenvalue weighted by atomic mass is 9.96. The molecule has 0 saturated heterocycles. The predicted octanol–water partition coefficient (Wildman–Crippen LogP) is 4.72. The number of ether oxygens (including phenoxy) is 1. The van der Waals surface area contributed by atoms with Gasteiger partial charge in [-0.25, -0.2) is 9.78 Å². The summed E-state index contributed by atoms with van der Waals surface area (Å²) in [7, 11) is 1.38. The first-order valence-corrected chi connectivity index (χ1v) is 10.9. The highest BCUT2D eigenvalue weighted by molar-refractivity contribution is 5.97. The Morgan fingerprint density at radius 3 is 2.59 bits per heavy atom. The number of esters is 1. The van der Waals surface area contributed by atoms with E-state index < -0.39 is 0 Å². The van der Waals surface area contributed by atoms with E-state index in [1.165, 1.54) is 7.11 Å². The van der Waals surface area contributed by atoms with E-state index in [9.17, 15) is 9.59 Å². The summed E-state index contributed by atoms with van der Waals surface area (Å²) in [6.07, 6.45) is 5.20. The van der Waals surface area contributed by atoms with Crippen LogP contribution in [-0.2, 0) is 17.6 Å². The molecular weight excluding hydrogens is 402 g/mol. The lowest BCUT2D eigenvalue weighted by Crippen LogP contribution is -2.21. The second-order valence-corrected chi connectivity index (χ2v) is 7.95. The molecule has 0 aliphatic carbocycles. The fourth-order valence-corrected chi connectivity index (χ4v) is 4.13. The number of aromatic amines is 1. The largest absolute Gasteiger partial charge is 0.465 e. The van der Waals surface area contributed by atoms with Gasteiger partial charge in [-0.3, -0.25) is 14.2 Å². The van der Waals surface area contributed by atoms with Gasteiger partial charge in [0.1, 0.15) is 0 Å². The molecule has 0 amide bonds. The number of carbonyl (C=O) groups is 1. The van der Waals surface area contributed by atoms with Crippen LogP contribution in [0.5, 0.6) is 0 Å². The quantitative estimate of drug-likeness (QED) is 0.431. The first-order chi connectivity index (χ1) is 15.5. The third-order valence-corrected chi connectivity index (χ3v) is 5.80. The van der Waals surface area contributed by atoms with Crippen molar-refractivity contribution in [2.45, 2.75) is 39.5 Å². The number of carbonyl (C=O) groups excluding carboxylic acids is 1. The Kier molecular flexibility index (Phi) is 6.21. The van der Waals surface area contributed by atoms with E-state index in [1.54, 1.807) is 12.3 Å². The van der Waals surface area contributed by atoms with Gasteiger partial charge in [-0.2, -0.15) is 0 Å². The summed E-state index contributed by atoms with van der Waals surface area (Å²) in [5, 5.41) is 0. The van der Waals surface area contributed by atoms with Crippen LogP contribution < -0.4 is 5.56 Å². The van der Waals surface area contributed by atoms with Crippen LogP contribution in [0, 0.1) is 6.92 Å². The maximum absolute atomic E-state index is 12.9. The van der Waals surface area contributed by atoms with E-state index in [0.29, 0.717) is 17.8 Å². The number of benzene rings is 2. The van der Waals surface area contributed by atoms with Gasteiger partial charge in [0.15, 0.2) is 0 Å². The molecule has 0 spiro atoms. The van der Waals surface area contributed by atoms with Gasteiger partial charge in [-0.1, -0.05) is 55.8 Å². The van der Waals surface area contributed by atoms with Crippen molar-refractivity contribution < 1.29 is 9.53 Å². The molecule has 0 radical (unpaired) electrons. The van der Waals surface area contributed by atoms with Crippen LogP contribution in [-0.4, -0.2) is 27.4 Å². The molecule has 32 heavy (non-hydrogen) atoms. The molecule has 0 bridgehead atoms. The van der Waals surface area contributed by atoms with Crippen molar-refractivity contribution in [2.75, 3.05) is 7.11 Å². The van der Waals surface area contributed by atoms with Crippen molar-refractivity contribution in [1.82, 2.24) is 14.4 Å². The van der Waals surface area contributed by atoms with Gasteiger partial charge >= 0.3 is 5.97 Å². The van der Waals surface area contributed by atoms with Crippen LogP contribution in [0.1, 0.15) is 52.6 Å². The normalized spacial score (nSPS) is 11.1. The summed E-state index contributed by atoms with van der Waals surface area (Å²) in [6, 6.07) is 15.4. The number of unbranched alkanes of at least 4 members (excludes halogenated alkanes) is 1. The minimum absolute atomic E-state index is 0.0886. The molecule has 0 atom stereocenters. The summed E-state index contributed by atoms with van der Waals surface area (Å²) in [4.78, 5) is 32.3. The van der Waals surface area contributed by atoms with Crippen molar-refractivity contribution in [3.05, 3.63) is 93.2 Å². The Morgan fingerprint density at radius 2 is 1.88 bits per heavy atom. The van der Waals surface area contributed by atoms with Crippen molar-refractivity contribution in [3.63, 3.8) is 0 Å². The molecule has 4 aromatic rings. The molecule has 6 heteroatoms. The van der Waals surface area contributed by atoms with Crippen LogP contribution in [0.15, 0.2) is 59.5 Å². The predicted molar refractivity (Wildman–Crippen MR) is 125 cm³/mol. The Labute approximate surface area is 186 Å². The molecule has 0 aliphatic rings. The van der Waals surface area contributed by atoms with Crippen molar-refractivity contribution in [3.8, 4) is 11.1 Å². The molecule has 6 nitrogen and oxygen atoms in total. The Balaban J connectivity index is 1.71. The van der Waals surface area contributed by atoms with E-state index in [2.05, 4.69) is 21.3 Å². The fourth-order valence-electron chi connectivity index (χ4n) is 4.13. The van der Waals surface area contributed by atoms with Gasteiger partial charge in [0.25, 0.3) is 5.56 Å². The summed E-state index contributed by atoms with van der Waals surface area (Å²) >= 11 is 0. The second kappa shape index (κ2) is 9.22. The molecule has 4 rings (SSSR count). The zero-order chi connectivity index (χ0) is 22.7. The highest BCUT2D eigenvalue weighted by Gasteiger charge is 2.16. The average molecular weight is 430 g/mol. The number of rotatable bonds is 7. The van der Waals surface area contributed by atoms with Crippen LogP contribution in [0.2, 0.25) is 0 Å². The van der Waals surface area contributed by atoms with E-state index >= 15 is 0 Å². The number of imidazole rings is 1. The topological polar surface area (TPSA) is 76.5 Å². The third kappa shape index (κ3) is 4.08. The first kappa shape index (κ1) is 21.6. The number of hydrogen-bond donors (Lipinski definition) is 1. The first-order valence-electron chi connectivity index (χ1n) is 10.9. The molecule has 0 aliphatic heterocycles. The molecule has 0 unspecified atom stereocenters. The molecule has 1 N–H and O–H groups in total. The molecule has 2 aromatic carbocycles. The Hall–Kier alpha value is -3.67. The van der Waals surface area contributed by atoms with Gasteiger partial charge in [0.2, 0.25) is 5.78 Å². The maximum atomic E-state index is 12.9. The van der Waals surface area contributed by atoms with Crippen LogP contribution in [0.25, 0.3) is 16.9 Å². The number of methoxy groups -OCH3 is 1.